The molecule has 3 rings (SSSR count). The number of nitrogens with one attached hydrogen (secondary N) is 1. The van der Waals surface area contributed by atoms with Crippen molar-refractivity contribution in [3.8, 4) is 5.75 Å². The maximum absolute atomic E-state index is 12.7. The molecule has 0 aliphatic carbocycles. The quantitative estimate of drug-likeness (QED) is 0.505. The number of fused-ring (bicyclic) bond motifs is 1. The van der Waals surface area contributed by atoms with Crippen LogP contribution in [0.4, 0.5) is 0 Å². The van der Waals surface area contributed by atoms with Gasteiger partial charge in [0, 0.05) is 0 Å². The Morgan fingerprint density at radius 2 is 1.87 bits per heavy atom. The van der Waals surface area contributed by atoms with Gasteiger partial charge in [-0.05, 0) is 38.3 Å². The average Bonchev–Trinajstić information content (AvgIpc) is 2.68. The molecule has 2 heterocycles. The fourth-order valence-electron chi connectivity index (χ4n) is 3.04. The van der Waals surface area contributed by atoms with Crippen LogP contribution in [0.2, 0.25) is 0 Å². The minimum absolute atomic E-state index is 0.240. The van der Waals surface area contributed by atoms with E-state index in [4.69, 9.17) is 9.47 Å². The summed E-state index contributed by atoms with van der Waals surface area (Å²) < 4.78 is 10.7. The maximum Gasteiger partial charge on any atom is 0.334 e. The van der Waals surface area contributed by atoms with Crippen molar-refractivity contribution in [3.63, 3.8) is 0 Å². The number of carboxylic acids is 1. The zero-order valence-corrected chi connectivity index (χ0v) is 17.5. The van der Waals surface area contributed by atoms with Crippen molar-refractivity contribution in [2.45, 2.75) is 43.8 Å². The van der Waals surface area contributed by atoms with E-state index in [0.29, 0.717) is 5.75 Å². The summed E-state index contributed by atoms with van der Waals surface area (Å²) in [5, 5.41) is 12.7. The van der Waals surface area contributed by atoms with Crippen molar-refractivity contribution < 1.29 is 33.8 Å². The van der Waals surface area contributed by atoms with Crippen molar-refractivity contribution in [1.29, 1.82) is 0 Å². The molecule has 2 aliphatic heterocycles. The summed E-state index contributed by atoms with van der Waals surface area (Å²) >= 11 is 1.06. The molecule has 9 nitrogen and oxygen atoms in total. The first-order chi connectivity index (χ1) is 14.1. The highest BCUT2D eigenvalue weighted by Gasteiger charge is 2.57. The first-order valence-corrected chi connectivity index (χ1v) is 10.1. The number of thioether (sulfide) groups is 1. The van der Waals surface area contributed by atoms with Gasteiger partial charge in [0.2, 0.25) is 5.91 Å². The molecule has 0 bridgehead atoms. The fraction of sp³-hybridized carbons (Fsp3) is 0.400. The van der Waals surface area contributed by atoms with E-state index in [-0.39, 0.29) is 12.2 Å². The maximum atomic E-state index is 12.7. The zero-order chi connectivity index (χ0) is 22.1. The number of β-lactam (4-membered cyclic amide) rings is 1. The van der Waals surface area contributed by atoms with Gasteiger partial charge >= 0.3 is 11.9 Å². The van der Waals surface area contributed by atoms with Crippen molar-refractivity contribution in [2.24, 2.45) is 0 Å². The molecule has 2 unspecified atom stereocenters. The largest absolute Gasteiger partial charge is 0.484 e. The number of rotatable bonds is 6. The number of nitrogens with zero attached hydrogens (tertiary/aromatic N) is 1. The summed E-state index contributed by atoms with van der Waals surface area (Å²) in [4.78, 5) is 50.2. The number of para-hydroxylation sites is 1. The van der Waals surface area contributed by atoms with E-state index >= 15 is 0 Å². The molecule has 0 spiro atoms. The van der Waals surface area contributed by atoms with Crippen LogP contribution in [0.15, 0.2) is 41.3 Å². The van der Waals surface area contributed by atoms with Crippen LogP contribution in [0.5, 0.6) is 5.75 Å². The van der Waals surface area contributed by atoms with Gasteiger partial charge in [-0.1, -0.05) is 18.2 Å². The average molecular weight is 434 g/mol. The van der Waals surface area contributed by atoms with Gasteiger partial charge in [0.25, 0.3) is 5.91 Å². The molecule has 0 saturated carbocycles. The summed E-state index contributed by atoms with van der Waals surface area (Å²) in [6, 6.07) is 6.49. The normalized spacial score (nSPS) is 22.9. The second-order valence-electron chi connectivity index (χ2n) is 7.73. The molecular weight excluding hydrogens is 412 g/mol. The van der Waals surface area contributed by atoms with E-state index in [1.807, 2.05) is 6.07 Å². The van der Waals surface area contributed by atoms with Crippen LogP contribution in [0, 0.1) is 0 Å². The number of aliphatic carboxylic acids is 1. The Balaban J connectivity index is 1.68. The first kappa shape index (κ1) is 21.7. The molecule has 2 amide bonds. The number of carboxylic acid groups (broad SMARTS) is 1. The number of benzene rings is 1. The van der Waals surface area contributed by atoms with Gasteiger partial charge in [0.05, 0.1) is 5.57 Å². The van der Waals surface area contributed by atoms with E-state index < -0.39 is 46.8 Å². The molecule has 0 aromatic heterocycles. The number of amides is 2. The fourth-order valence-corrected chi connectivity index (χ4v) is 4.26. The van der Waals surface area contributed by atoms with Gasteiger partial charge in [0.1, 0.15) is 22.8 Å². The van der Waals surface area contributed by atoms with Gasteiger partial charge in [-0.3, -0.25) is 9.59 Å². The Labute approximate surface area is 177 Å². The summed E-state index contributed by atoms with van der Waals surface area (Å²) in [6.45, 7) is 4.67. The zero-order valence-electron chi connectivity index (χ0n) is 16.7. The van der Waals surface area contributed by atoms with Crippen LogP contribution in [0.1, 0.15) is 20.8 Å². The van der Waals surface area contributed by atoms with Crippen molar-refractivity contribution in [3.05, 3.63) is 41.3 Å². The molecule has 1 saturated heterocycles. The number of ether oxygens (including phenoxy) is 2. The third kappa shape index (κ3) is 4.59. The van der Waals surface area contributed by atoms with Gasteiger partial charge in [-0.15, -0.1) is 11.8 Å². The number of hydrogen-bond acceptors (Lipinski definition) is 7. The molecule has 30 heavy (non-hydrogen) atoms. The van der Waals surface area contributed by atoms with Crippen LogP contribution < -0.4 is 10.1 Å². The second kappa shape index (κ2) is 8.39. The minimum Gasteiger partial charge on any atom is -0.484 e. The Morgan fingerprint density at radius 1 is 1.20 bits per heavy atom. The highest BCUT2D eigenvalue weighted by Crippen LogP contribution is 2.40. The van der Waals surface area contributed by atoms with Gasteiger partial charge < -0.3 is 24.8 Å². The van der Waals surface area contributed by atoms with Crippen LogP contribution in [-0.4, -0.2) is 63.4 Å². The van der Waals surface area contributed by atoms with Crippen molar-refractivity contribution in [1.82, 2.24) is 10.2 Å². The van der Waals surface area contributed by atoms with Gasteiger partial charge in [0.15, 0.2) is 12.6 Å². The van der Waals surface area contributed by atoms with Gasteiger partial charge in [-0.25, -0.2) is 9.59 Å². The lowest BCUT2D eigenvalue weighted by atomic mass is 9.97. The van der Waals surface area contributed by atoms with E-state index in [2.05, 4.69) is 5.32 Å². The smallest absolute Gasteiger partial charge is 0.334 e. The molecule has 2 aliphatic rings. The summed E-state index contributed by atoms with van der Waals surface area (Å²) in [6.07, 6.45) is 0. The van der Waals surface area contributed by atoms with E-state index in [9.17, 15) is 24.3 Å². The Bertz CT molecular complexity index is 894. The van der Waals surface area contributed by atoms with Crippen molar-refractivity contribution >= 4 is 35.5 Å². The van der Waals surface area contributed by atoms with Crippen LogP contribution >= 0.6 is 11.8 Å². The lowest BCUT2D eigenvalue weighted by molar-refractivity contribution is -0.171. The Hall–Kier alpha value is -3.01. The van der Waals surface area contributed by atoms with E-state index in [1.165, 1.54) is 5.41 Å². The third-order valence-corrected chi connectivity index (χ3v) is 5.46. The van der Waals surface area contributed by atoms with Crippen LogP contribution in [0.3, 0.4) is 0 Å². The molecule has 0 radical (unpaired) electrons. The topological polar surface area (TPSA) is 122 Å². The summed E-state index contributed by atoms with van der Waals surface area (Å²) in [7, 11) is 0. The SMILES string of the molecule is CC(C)(C)OC(=O)C1C(C(=O)O)=CS[C@@H]2C(NC(=O)COc3ccccc3)C(=O)N12. The number of hydrogen-bond donors (Lipinski definition) is 2. The predicted molar refractivity (Wildman–Crippen MR) is 107 cm³/mol. The standard InChI is InChI=1S/C20H22N2O7S/c1-20(2,3)29-19(27)15-12(18(25)26)10-30-17-14(16(24)22(15)17)21-13(23)9-28-11-7-5-4-6-8-11/h4-8,10,14-15,17H,9H2,1-3H3,(H,21,23)(H,25,26)/t14?,15?,17-/m1/s1. The third-order valence-electron chi connectivity index (χ3n) is 4.29. The van der Waals surface area contributed by atoms with E-state index in [0.717, 1.165) is 16.7 Å². The van der Waals surface area contributed by atoms with Crippen LogP contribution in [-0.2, 0) is 23.9 Å². The molecule has 1 aromatic rings. The van der Waals surface area contributed by atoms with E-state index in [1.54, 1.807) is 45.0 Å². The highest BCUT2D eigenvalue weighted by molar-refractivity contribution is 8.03. The lowest BCUT2D eigenvalue weighted by Gasteiger charge is -2.51. The van der Waals surface area contributed by atoms with Crippen LogP contribution in [0.25, 0.3) is 0 Å². The second-order valence-corrected chi connectivity index (χ2v) is 8.72. The number of carbonyl (C=O) groups is 4. The first-order valence-electron chi connectivity index (χ1n) is 9.19. The molecule has 1 aromatic carbocycles. The Kier molecular flexibility index (Phi) is 6.06. The molecule has 2 N–H and O–H groups in total. The lowest BCUT2D eigenvalue weighted by Crippen LogP contribution is -2.74. The number of esters is 1. The molecule has 1 fully saturated rings. The highest BCUT2D eigenvalue weighted by atomic mass is 32.2. The molecule has 10 heteroatoms. The minimum atomic E-state index is -1.37. The Morgan fingerprint density at radius 3 is 2.47 bits per heavy atom. The van der Waals surface area contributed by atoms with Crippen molar-refractivity contribution in [2.75, 3.05) is 6.61 Å². The predicted octanol–water partition coefficient (Wildman–Crippen LogP) is 1.14. The number of carbonyl (C=O) groups excluding carboxylic acids is 3. The molecular formula is C20H22N2O7S. The monoisotopic (exact) mass is 434 g/mol. The summed E-state index contributed by atoms with van der Waals surface area (Å²) in [5.74, 6) is -2.68. The molecule has 160 valence electrons. The molecule has 3 atom stereocenters. The summed E-state index contributed by atoms with van der Waals surface area (Å²) in [5.41, 5.74) is -1.09. The van der Waals surface area contributed by atoms with Gasteiger partial charge in [-0.2, -0.15) is 0 Å².